The second-order valence-corrected chi connectivity index (χ2v) is 8.63. The maximum Gasteiger partial charge on any atom is 0.242 e. The molecule has 0 radical (unpaired) electrons. The highest BCUT2D eigenvalue weighted by Gasteiger charge is 2.26. The fourth-order valence-corrected chi connectivity index (χ4v) is 3.95. The first-order valence-electron chi connectivity index (χ1n) is 11.5. The van der Waals surface area contributed by atoms with Crippen LogP contribution in [-0.2, 0) is 29.1 Å². The van der Waals surface area contributed by atoms with Gasteiger partial charge in [-0.15, -0.1) is 0 Å². The van der Waals surface area contributed by atoms with Crippen LogP contribution in [0.25, 0.3) is 0 Å². The molecular weight excluding hydrogens is 480 g/mol. The number of methoxy groups -OCH3 is 3. The minimum Gasteiger partial charge on any atom is -0.497 e. The van der Waals surface area contributed by atoms with Crippen molar-refractivity contribution in [2.24, 2.45) is 0 Å². The lowest BCUT2D eigenvalue weighted by Gasteiger charge is -2.29. The molecule has 0 aromatic heterocycles. The molecule has 1 N–H and O–H groups in total. The summed E-state index contributed by atoms with van der Waals surface area (Å²) in [4.78, 5) is 28.2. The fraction of sp³-hybridized carbons (Fsp3) is 0.286. The molecule has 0 spiro atoms. The molecule has 0 unspecified atom stereocenters. The average Bonchev–Trinajstić information content (AvgIpc) is 2.90. The molecule has 190 valence electrons. The van der Waals surface area contributed by atoms with Gasteiger partial charge in [0, 0.05) is 18.1 Å². The predicted octanol–water partition coefficient (Wildman–Crippen LogP) is 4.64. The number of amides is 2. The molecule has 0 aliphatic carbocycles. The molecular formula is C28H31ClN2O5. The van der Waals surface area contributed by atoms with Crippen molar-refractivity contribution in [2.75, 3.05) is 21.3 Å². The average molecular weight is 511 g/mol. The molecule has 0 aliphatic heterocycles. The van der Waals surface area contributed by atoms with Gasteiger partial charge in [-0.25, -0.2) is 0 Å². The molecule has 1 atom stereocenters. The van der Waals surface area contributed by atoms with Gasteiger partial charge in [-0.3, -0.25) is 9.59 Å². The molecule has 3 aromatic carbocycles. The lowest BCUT2D eigenvalue weighted by atomic mass is 10.1. The van der Waals surface area contributed by atoms with Crippen LogP contribution in [0.1, 0.15) is 23.6 Å². The van der Waals surface area contributed by atoms with E-state index in [9.17, 15) is 9.59 Å². The SMILES string of the molecule is COc1ccc(CN(C(=O)Cc2ccc(OC)c(OC)c2)[C@@H](C)C(=O)NCc2ccccc2Cl)cc1. The minimum absolute atomic E-state index is 0.0959. The van der Waals surface area contributed by atoms with Crippen molar-refractivity contribution in [1.29, 1.82) is 0 Å². The van der Waals surface area contributed by atoms with Crippen LogP contribution in [0.2, 0.25) is 5.02 Å². The Labute approximate surface area is 216 Å². The quantitative estimate of drug-likeness (QED) is 0.406. The molecule has 0 fully saturated rings. The Balaban J connectivity index is 1.80. The van der Waals surface area contributed by atoms with Crippen LogP contribution in [0.3, 0.4) is 0 Å². The Morgan fingerprint density at radius 1 is 0.889 bits per heavy atom. The van der Waals surface area contributed by atoms with Gasteiger partial charge in [0.25, 0.3) is 0 Å². The van der Waals surface area contributed by atoms with E-state index in [0.29, 0.717) is 22.3 Å². The Morgan fingerprint density at radius 2 is 1.56 bits per heavy atom. The largest absolute Gasteiger partial charge is 0.497 e. The summed E-state index contributed by atoms with van der Waals surface area (Å²) in [5.74, 6) is 1.36. The summed E-state index contributed by atoms with van der Waals surface area (Å²) in [6, 6.07) is 19.4. The van der Waals surface area contributed by atoms with E-state index in [1.165, 1.54) is 0 Å². The molecule has 3 aromatic rings. The van der Waals surface area contributed by atoms with Gasteiger partial charge in [-0.05, 0) is 53.9 Å². The molecule has 2 amide bonds. The number of hydrogen-bond acceptors (Lipinski definition) is 5. The first kappa shape index (κ1) is 26.9. The van der Waals surface area contributed by atoms with Gasteiger partial charge in [-0.1, -0.05) is 48.0 Å². The third kappa shape index (κ3) is 6.92. The summed E-state index contributed by atoms with van der Waals surface area (Å²) in [5.41, 5.74) is 2.43. The monoisotopic (exact) mass is 510 g/mol. The first-order chi connectivity index (χ1) is 17.4. The van der Waals surface area contributed by atoms with E-state index in [-0.39, 0.29) is 31.3 Å². The third-order valence-electron chi connectivity index (χ3n) is 5.89. The topological polar surface area (TPSA) is 77.1 Å². The molecule has 0 saturated heterocycles. The van der Waals surface area contributed by atoms with E-state index in [2.05, 4.69) is 5.32 Å². The number of ether oxygens (including phenoxy) is 3. The zero-order valence-corrected chi connectivity index (χ0v) is 21.7. The van der Waals surface area contributed by atoms with Crippen LogP contribution < -0.4 is 19.5 Å². The highest BCUT2D eigenvalue weighted by atomic mass is 35.5. The van der Waals surface area contributed by atoms with Crippen LogP contribution in [0.5, 0.6) is 17.2 Å². The highest BCUT2D eigenvalue weighted by molar-refractivity contribution is 6.31. The summed E-state index contributed by atoms with van der Waals surface area (Å²) >= 11 is 6.22. The van der Waals surface area contributed by atoms with Gasteiger partial charge in [0.15, 0.2) is 11.5 Å². The third-order valence-corrected chi connectivity index (χ3v) is 6.26. The summed E-state index contributed by atoms with van der Waals surface area (Å²) < 4.78 is 15.9. The molecule has 8 heteroatoms. The van der Waals surface area contributed by atoms with Crippen molar-refractivity contribution in [3.8, 4) is 17.2 Å². The Kier molecular flexibility index (Phi) is 9.59. The van der Waals surface area contributed by atoms with Crippen molar-refractivity contribution in [2.45, 2.75) is 32.5 Å². The Hall–Kier alpha value is -3.71. The predicted molar refractivity (Wildman–Crippen MR) is 140 cm³/mol. The highest BCUT2D eigenvalue weighted by Crippen LogP contribution is 2.28. The van der Waals surface area contributed by atoms with Gasteiger partial charge >= 0.3 is 0 Å². The Bertz CT molecular complexity index is 1180. The van der Waals surface area contributed by atoms with E-state index in [0.717, 1.165) is 16.7 Å². The van der Waals surface area contributed by atoms with Gasteiger partial charge in [0.05, 0.1) is 27.8 Å². The zero-order valence-electron chi connectivity index (χ0n) is 20.9. The van der Waals surface area contributed by atoms with E-state index in [4.69, 9.17) is 25.8 Å². The van der Waals surface area contributed by atoms with Crippen LogP contribution in [0.15, 0.2) is 66.7 Å². The van der Waals surface area contributed by atoms with Crippen LogP contribution in [0.4, 0.5) is 0 Å². The number of benzene rings is 3. The van der Waals surface area contributed by atoms with Gasteiger partial charge in [0.2, 0.25) is 11.8 Å². The molecule has 0 heterocycles. The molecule has 3 rings (SSSR count). The van der Waals surface area contributed by atoms with Crippen LogP contribution >= 0.6 is 11.6 Å². The number of nitrogens with one attached hydrogen (secondary N) is 1. The molecule has 0 aliphatic rings. The number of halogens is 1. The molecule has 36 heavy (non-hydrogen) atoms. The van der Waals surface area contributed by atoms with E-state index in [1.807, 2.05) is 48.5 Å². The van der Waals surface area contributed by atoms with Crippen molar-refractivity contribution in [3.05, 3.63) is 88.4 Å². The number of carbonyl (C=O) groups excluding carboxylic acids is 2. The summed E-state index contributed by atoms with van der Waals surface area (Å²) in [5, 5.41) is 3.48. The van der Waals surface area contributed by atoms with Crippen molar-refractivity contribution >= 4 is 23.4 Å². The summed E-state index contributed by atoms with van der Waals surface area (Å²) in [6.45, 7) is 2.25. The lowest BCUT2D eigenvalue weighted by Crippen LogP contribution is -2.48. The minimum atomic E-state index is -0.720. The maximum absolute atomic E-state index is 13.5. The first-order valence-corrected chi connectivity index (χ1v) is 11.9. The van der Waals surface area contributed by atoms with Crippen LogP contribution in [0, 0.1) is 0 Å². The Morgan fingerprint density at radius 3 is 2.19 bits per heavy atom. The van der Waals surface area contributed by atoms with Crippen molar-refractivity contribution in [3.63, 3.8) is 0 Å². The van der Waals surface area contributed by atoms with E-state index in [1.54, 1.807) is 51.4 Å². The summed E-state index contributed by atoms with van der Waals surface area (Å²) in [6.07, 6.45) is 0.0959. The smallest absolute Gasteiger partial charge is 0.242 e. The number of hydrogen-bond donors (Lipinski definition) is 1. The van der Waals surface area contributed by atoms with Gasteiger partial charge in [0.1, 0.15) is 11.8 Å². The van der Waals surface area contributed by atoms with Gasteiger partial charge in [-0.2, -0.15) is 0 Å². The number of carbonyl (C=O) groups is 2. The summed E-state index contributed by atoms with van der Waals surface area (Å²) in [7, 11) is 4.70. The maximum atomic E-state index is 13.5. The fourth-order valence-electron chi connectivity index (χ4n) is 3.75. The van der Waals surface area contributed by atoms with Crippen molar-refractivity contribution in [1.82, 2.24) is 10.2 Å². The second-order valence-electron chi connectivity index (χ2n) is 8.22. The lowest BCUT2D eigenvalue weighted by molar-refractivity contribution is -0.140. The normalized spacial score (nSPS) is 11.4. The van der Waals surface area contributed by atoms with E-state index < -0.39 is 6.04 Å². The van der Waals surface area contributed by atoms with Crippen LogP contribution in [-0.4, -0.2) is 44.1 Å². The molecule has 0 saturated carbocycles. The zero-order chi connectivity index (χ0) is 26.1. The van der Waals surface area contributed by atoms with Crippen molar-refractivity contribution < 1.29 is 23.8 Å². The number of rotatable bonds is 11. The second kappa shape index (κ2) is 12.8. The molecule has 7 nitrogen and oxygen atoms in total. The van der Waals surface area contributed by atoms with E-state index >= 15 is 0 Å². The van der Waals surface area contributed by atoms with Gasteiger partial charge < -0.3 is 24.4 Å². The molecule has 0 bridgehead atoms. The number of nitrogens with zero attached hydrogens (tertiary/aromatic N) is 1. The standard InChI is InChI=1S/C28H31ClN2O5/c1-19(28(33)30-17-22-7-5-6-8-24(22)29)31(18-20-9-12-23(34-2)13-10-20)27(32)16-21-11-14-25(35-3)26(15-21)36-4/h5-15,19H,16-18H2,1-4H3,(H,30,33)/t19-/m0/s1.